The zero-order valence-electron chi connectivity index (χ0n) is 18.1. The van der Waals surface area contributed by atoms with Crippen LogP contribution in [0.1, 0.15) is 34.1 Å². The van der Waals surface area contributed by atoms with Gasteiger partial charge in [0.25, 0.3) is 5.91 Å². The predicted molar refractivity (Wildman–Crippen MR) is 123 cm³/mol. The van der Waals surface area contributed by atoms with Crippen molar-refractivity contribution < 1.29 is 17.9 Å². The fraction of sp³-hybridized carbons (Fsp3) is 0.240. The normalized spacial score (nSPS) is 17.2. The van der Waals surface area contributed by atoms with Crippen LogP contribution in [-0.4, -0.2) is 43.7 Å². The van der Waals surface area contributed by atoms with Gasteiger partial charge in [0.05, 0.1) is 12.0 Å². The van der Waals surface area contributed by atoms with Crippen LogP contribution in [0.25, 0.3) is 0 Å². The van der Waals surface area contributed by atoms with Gasteiger partial charge < -0.3 is 9.64 Å². The molecule has 6 nitrogen and oxygen atoms in total. The van der Waals surface area contributed by atoms with Crippen LogP contribution >= 0.6 is 0 Å². The summed E-state index contributed by atoms with van der Waals surface area (Å²) in [6.45, 7) is 2.70. The number of benzene rings is 3. The van der Waals surface area contributed by atoms with E-state index >= 15 is 0 Å². The zero-order chi connectivity index (χ0) is 22.7. The van der Waals surface area contributed by atoms with Crippen molar-refractivity contribution in [2.75, 3.05) is 20.2 Å². The maximum atomic E-state index is 13.7. The van der Waals surface area contributed by atoms with Crippen LogP contribution in [0, 0.1) is 6.92 Å². The van der Waals surface area contributed by atoms with E-state index in [1.807, 2.05) is 25.1 Å². The number of hydrogen-bond donors (Lipinski definition) is 0. The molecular formula is C25H26N2O4S. The molecule has 4 rings (SSSR count). The number of carbonyl (C=O) groups is 1. The first kappa shape index (κ1) is 22.0. The number of nitrogens with zero attached hydrogens (tertiary/aromatic N) is 2. The van der Waals surface area contributed by atoms with Gasteiger partial charge in [-0.05, 0) is 55.3 Å². The maximum Gasteiger partial charge on any atom is 0.255 e. The summed E-state index contributed by atoms with van der Waals surface area (Å²) in [5, 5.41) is 0. The number of sulfonamides is 1. The summed E-state index contributed by atoms with van der Waals surface area (Å²) in [6.07, 6.45) is -0.204. The summed E-state index contributed by atoms with van der Waals surface area (Å²) in [5.41, 5.74) is 2.22. The summed E-state index contributed by atoms with van der Waals surface area (Å²) in [4.78, 5) is 15.3. The van der Waals surface area contributed by atoms with Crippen LogP contribution in [0.3, 0.4) is 0 Å². The van der Waals surface area contributed by atoms with Gasteiger partial charge in [0.1, 0.15) is 11.9 Å². The molecule has 1 heterocycles. The first-order chi connectivity index (χ1) is 15.4. The Bertz CT molecular complexity index is 1180. The highest BCUT2D eigenvalue weighted by Crippen LogP contribution is 2.35. The lowest BCUT2D eigenvalue weighted by Gasteiger charge is -2.43. The number of amides is 1. The molecule has 3 aromatic carbocycles. The van der Waals surface area contributed by atoms with Gasteiger partial charge in [0.2, 0.25) is 10.0 Å². The minimum absolute atomic E-state index is 0.199. The lowest BCUT2D eigenvalue weighted by Crippen LogP contribution is -2.52. The number of ether oxygens (including phenoxy) is 1. The van der Waals surface area contributed by atoms with Gasteiger partial charge in [-0.3, -0.25) is 4.79 Å². The molecule has 32 heavy (non-hydrogen) atoms. The van der Waals surface area contributed by atoms with E-state index in [1.54, 1.807) is 72.7 Å². The fourth-order valence-electron chi connectivity index (χ4n) is 3.98. The van der Waals surface area contributed by atoms with Gasteiger partial charge in [-0.25, -0.2) is 8.42 Å². The molecule has 1 saturated heterocycles. The summed E-state index contributed by atoms with van der Waals surface area (Å²) < 4.78 is 34.0. The number of hydrogen-bond acceptors (Lipinski definition) is 4. The second-order valence-electron chi connectivity index (χ2n) is 7.79. The second-order valence-corrected chi connectivity index (χ2v) is 9.68. The average molecular weight is 451 g/mol. The third kappa shape index (κ3) is 4.26. The minimum atomic E-state index is -3.83. The summed E-state index contributed by atoms with van der Waals surface area (Å²) in [6, 6.07) is 23.0. The zero-order valence-corrected chi connectivity index (χ0v) is 19.0. The number of methoxy groups -OCH3 is 1. The maximum absolute atomic E-state index is 13.7. The van der Waals surface area contributed by atoms with Crippen LogP contribution in [0.5, 0.6) is 5.75 Å². The van der Waals surface area contributed by atoms with E-state index in [-0.39, 0.29) is 10.8 Å². The third-order valence-electron chi connectivity index (χ3n) is 5.67. The molecule has 0 radical (unpaired) electrons. The van der Waals surface area contributed by atoms with Crippen molar-refractivity contribution in [1.82, 2.24) is 9.21 Å². The molecule has 7 heteroatoms. The van der Waals surface area contributed by atoms with Crippen LogP contribution in [0.4, 0.5) is 0 Å². The molecule has 1 unspecified atom stereocenters. The molecule has 0 N–H and O–H groups in total. The van der Waals surface area contributed by atoms with Crippen molar-refractivity contribution in [2.24, 2.45) is 0 Å². The first-order valence-corrected chi connectivity index (χ1v) is 11.9. The third-order valence-corrected chi connectivity index (χ3v) is 7.54. The van der Waals surface area contributed by atoms with Crippen LogP contribution in [0.2, 0.25) is 0 Å². The van der Waals surface area contributed by atoms with Crippen molar-refractivity contribution >= 4 is 15.9 Å². The molecule has 3 aromatic rings. The molecule has 166 valence electrons. The van der Waals surface area contributed by atoms with Crippen molar-refractivity contribution in [3.63, 3.8) is 0 Å². The van der Waals surface area contributed by atoms with Gasteiger partial charge in [-0.1, -0.05) is 48.0 Å². The van der Waals surface area contributed by atoms with E-state index < -0.39 is 16.2 Å². The largest absolute Gasteiger partial charge is 0.497 e. The van der Waals surface area contributed by atoms with E-state index in [0.29, 0.717) is 36.4 Å². The lowest BCUT2D eigenvalue weighted by molar-refractivity contribution is 0.0378. The fourth-order valence-corrected chi connectivity index (χ4v) is 5.59. The molecule has 0 spiro atoms. The standard InChI is InChI=1S/C25H26N2O4S/c1-19-9-15-23(16-10-19)32(29,30)27-18-6-17-26(25(28)21-7-4-3-5-8-21)24(27)20-11-13-22(31-2)14-12-20/h3-5,7-16,24H,6,17-18H2,1-2H3. The molecule has 1 aliphatic rings. The molecule has 1 fully saturated rings. The Labute approximate surface area is 189 Å². The number of carbonyl (C=O) groups excluding carboxylic acids is 1. The van der Waals surface area contributed by atoms with E-state index in [2.05, 4.69) is 0 Å². The Kier molecular flexibility index (Phi) is 6.30. The number of rotatable bonds is 5. The van der Waals surface area contributed by atoms with Gasteiger partial charge in [0.15, 0.2) is 0 Å². The molecule has 1 atom stereocenters. The molecule has 0 aromatic heterocycles. The molecule has 0 saturated carbocycles. The van der Waals surface area contributed by atoms with Crippen LogP contribution in [-0.2, 0) is 10.0 Å². The van der Waals surface area contributed by atoms with Gasteiger partial charge in [-0.15, -0.1) is 0 Å². The molecule has 0 aliphatic carbocycles. The first-order valence-electron chi connectivity index (χ1n) is 10.5. The van der Waals surface area contributed by atoms with Gasteiger partial charge in [-0.2, -0.15) is 4.31 Å². The van der Waals surface area contributed by atoms with E-state index in [4.69, 9.17) is 4.74 Å². The highest BCUT2D eigenvalue weighted by molar-refractivity contribution is 7.89. The quantitative estimate of drug-likeness (QED) is 0.583. The Morgan fingerprint density at radius 2 is 1.56 bits per heavy atom. The Morgan fingerprint density at radius 1 is 0.906 bits per heavy atom. The van der Waals surface area contributed by atoms with Gasteiger partial charge in [0, 0.05) is 18.7 Å². The summed E-state index contributed by atoms with van der Waals surface area (Å²) >= 11 is 0. The van der Waals surface area contributed by atoms with E-state index in [9.17, 15) is 13.2 Å². The van der Waals surface area contributed by atoms with E-state index in [0.717, 1.165) is 5.56 Å². The highest BCUT2D eigenvalue weighted by Gasteiger charge is 2.41. The average Bonchev–Trinajstić information content (AvgIpc) is 2.84. The number of aryl methyl sites for hydroxylation is 1. The van der Waals surface area contributed by atoms with Crippen LogP contribution in [0.15, 0.2) is 83.8 Å². The van der Waals surface area contributed by atoms with Crippen LogP contribution < -0.4 is 4.74 Å². The Hall–Kier alpha value is -3.16. The molecule has 1 aliphatic heterocycles. The summed E-state index contributed by atoms with van der Waals surface area (Å²) in [7, 11) is -2.25. The smallest absolute Gasteiger partial charge is 0.255 e. The van der Waals surface area contributed by atoms with Crippen molar-refractivity contribution in [3.05, 3.63) is 95.6 Å². The van der Waals surface area contributed by atoms with Gasteiger partial charge >= 0.3 is 0 Å². The second kappa shape index (κ2) is 9.14. The predicted octanol–water partition coefficient (Wildman–Crippen LogP) is 4.24. The topological polar surface area (TPSA) is 66.9 Å². The Balaban J connectivity index is 1.80. The minimum Gasteiger partial charge on any atom is -0.497 e. The Morgan fingerprint density at radius 3 is 2.19 bits per heavy atom. The SMILES string of the molecule is COc1ccc(C2N(C(=O)c3ccccc3)CCCN2S(=O)(=O)c2ccc(C)cc2)cc1. The van der Waals surface area contributed by atoms with Crippen molar-refractivity contribution in [3.8, 4) is 5.75 Å². The molecular weight excluding hydrogens is 424 g/mol. The summed E-state index contributed by atoms with van der Waals surface area (Å²) in [5.74, 6) is 0.466. The van der Waals surface area contributed by atoms with Crippen molar-refractivity contribution in [1.29, 1.82) is 0 Å². The lowest BCUT2D eigenvalue weighted by atomic mass is 10.1. The van der Waals surface area contributed by atoms with Crippen molar-refractivity contribution in [2.45, 2.75) is 24.4 Å². The monoisotopic (exact) mass is 450 g/mol. The van der Waals surface area contributed by atoms with E-state index in [1.165, 1.54) is 4.31 Å². The molecule has 1 amide bonds. The molecule has 0 bridgehead atoms. The highest BCUT2D eigenvalue weighted by atomic mass is 32.2.